The van der Waals surface area contributed by atoms with Crippen molar-refractivity contribution in [2.24, 2.45) is 0 Å². The Morgan fingerprint density at radius 3 is 2.45 bits per heavy atom. The Balaban J connectivity index is 1.44. The number of halogens is 2. The van der Waals surface area contributed by atoms with Crippen LogP contribution < -0.4 is 16.4 Å². The van der Waals surface area contributed by atoms with Crippen LogP contribution in [-0.2, 0) is 11.2 Å². The number of carbonyl (C=O) groups is 2. The number of nitrogen functional groups attached to an aromatic ring is 1. The number of amides is 2. The van der Waals surface area contributed by atoms with Crippen molar-refractivity contribution in [2.75, 3.05) is 18.8 Å². The maximum atomic E-state index is 13.2. The lowest BCUT2D eigenvalue weighted by Crippen LogP contribution is -2.31. The average Bonchev–Trinajstić information content (AvgIpc) is 3.12. The first-order valence-electron chi connectivity index (χ1n) is 10.2. The number of aryl methyl sites for hydroxylation is 1. The summed E-state index contributed by atoms with van der Waals surface area (Å²) >= 11 is 5.80. The molecule has 170 valence electrons. The Kier molecular flexibility index (Phi) is 8.00. The lowest BCUT2D eigenvalue weighted by Gasteiger charge is -2.07. The fourth-order valence-electron chi connectivity index (χ4n) is 3.12. The number of nitrogens with one attached hydrogen (secondary N) is 2. The molecule has 2 aromatic carbocycles. The molecule has 0 aliphatic carbocycles. The van der Waals surface area contributed by atoms with Gasteiger partial charge in [-0.3, -0.25) is 9.59 Å². The van der Waals surface area contributed by atoms with E-state index >= 15 is 0 Å². The van der Waals surface area contributed by atoms with Gasteiger partial charge in [0, 0.05) is 30.1 Å². The quantitative estimate of drug-likeness (QED) is 0.416. The Hall–Kier alpha value is -3.90. The molecule has 1 aromatic heterocycles. The highest BCUT2D eigenvalue weighted by molar-refractivity contribution is 6.30. The number of nitriles is 1. The van der Waals surface area contributed by atoms with Gasteiger partial charge in [0.25, 0.3) is 5.91 Å². The van der Waals surface area contributed by atoms with Crippen LogP contribution in [0.15, 0.2) is 48.5 Å². The molecule has 0 atom stereocenters. The van der Waals surface area contributed by atoms with Crippen LogP contribution in [0, 0.1) is 17.1 Å². The number of anilines is 1. The molecule has 0 bridgehead atoms. The van der Waals surface area contributed by atoms with Crippen LogP contribution >= 0.6 is 11.6 Å². The molecule has 0 aliphatic rings. The fraction of sp³-hybridized carbons (Fsp3) is 0.217. The zero-order chi connectivity index (χ0) is 23.8. The minimum Gasteiger partial charge on any atom is -0.382 e. The van der Waals surface area contributed by atoms with Gasteiger partial charge in [-0.25, -0.2) is 9.07 Å². The molecule has 0 saturated carbocycles. The van der Waals surface area contributed by atoms with Gasteiger partial charge in [-0.1, -0.05) is 11.6 Å². The van der Waals surface area contributed by atoms with E-state index in [0.29, 0.717) is 41.4 Å². The highest BCUT2D eigenvalue weighted by Gasteiger charge is 2.16. The number of benzene rings is 2. The second-order valence-electron chi connectivity index (χ2n) is 7.17. The summed E-state index contributed by atoms with van der Waals surface area (Å²) in [5.41, 5.74) is 7.81. The predicted octanol–water partition coefficient (Wildman–Crippen LogP) is 2.99. The maximum absolute atomic E-state index is 13.2. The molecule has 3 rings (SSSR count). The minimum atomic E-state index is -0.384. The molecular formula is C23H22ClFN6O2. The van der Waals surface area contributed by atoms with Crippen LogP contribution in [0.25, 0.3) is 5.69 Å². The summed E-state index contributed by atoms with van der Waals surface area (Å²) in [5.74, 6) is -0.689. The molecule has 3 aromatic rings. The molecule has 8 nitrogen and oxygen atoms in total. The summed E-state index contributed by atoms with van der Waals surface area (Å²) in [7, 11) is 0. The van der Waals surface area contributed by atoms with Crippen molar-refractivity contribution in [3.8, 4) is 11.8 Å². The highest BCUT2D eigenvalue weighted by atomic mass is 35.5. The van der Waals surface area contributed by atoms with Gasteiger partial charge >= 0.3 is 0 Å². The monoisotopic (exact) mass is 468 g/mol. The van der Waals surface area contributed by atoms with Crippen LogP contribution in [-0.4, -0.2) is 34.7 Å². The van der Waals surface area contributed by atoms with Crippen LogP contribution in [0.1, 0.15) is 34.5 Å². The van der Waals surface area contributed by atoms with E-state index in [1.54, 1.807) is 24.3 Å². The zero-order valence-corrected chi connectivity index (χ0v) is 18.4. The molecule has 1 heterocycles. The summed E-state index contributed by atoms with van der Waals surface area (Å²) in [6.45, 7) is 0.572. The van der Waals surface area contributed by atoms with E-state index in [9.17, 15) is 19.2 Å². The summed E-state index contributed by atoms with van der Waals surface area (Å²) in [4.78, 5) is 24.0. The largest absolute Gasteiger partial charge is 0.382 e. The van der Waals surface area contributed by atoms with Crippen LogP contribution in [0.5, 0.6) is 0 Å². The van der Waals surface area contributed by atoms with Gasteiger partial charge in [-0.15, -0.1) is 0 Å². The Morgan fingerprint density at radius 2 is 1.79 bits per heavy atom. The van der Waals surface area contributed by atoms with E-state index in [-0.39, 0.29) is 42.0 Å². The fourth-order valence-corrected chi connectivity index (χ4v) is 3.25. The molecular weight excluding hydrogens is 447 g/mol. The number of aromatic nitrogens is 2. The second-order valence-corrected chi connectivity index (χ2v) is 7.61. The summed E-state index contributed by atoms with van der Waals surface area (Å²) in [5, 5.41) is 19.8. The summed E-state index contributed by atoms with van der Waals surface area (Å²) in [6.07, 6.45) is 1.10. The first-order chi connectivity index (χ1) is 15.9. The molecule has 0 fully saturated rings. The third-order valence-electron chi connectivity index (χ3n) is 4.83. The lowest BCUT2D eigenvalue weighted by molar-refractivity contribution is -0.120. The van der Waals surface area contributed by atoms with Gasteiger partial charge in [-0.2, -0.15) is 10.4 Å². The van der Waals surface area contributed by atoms with Crippen molar-refractivity contribution in [2.45, 2.75) is 19.3 Å². The molecule has 0 spiro atoms. The Labute approximate surface area is 195 Å². The number of hydrogen-bond donors (Lipinski definition) is 3. The van der Waals surface area contributed by atoms with Gasteiger partial charge < -0.3 is 16.4 Å². The number of nitrogens with two attached hydrogens (primary N) is 1. The molecule has 0 aliphatic heterocycles. The smallest absolute Gasteiger partial charge is 0.251 e. The van der Waals surface area contributed by atoms with Gasteiger partial charge in [0.05, 0.1) is 11.4 Å². The maximum Gasteiger partial charge on any atom is 0.251 e. The first kappa shape index (κ1) is 23.8. The first-order valence-corrected chi connectivity index (χ1v) is 10.6. The molecule has 0 radical (unpaired) electrons. The van der Waals surface area contributed by atoms with Crippen LogP contribution in [0.4, 0.5) is 10.2 Å². The van der Waals surface area contributed by atoms with Crippen molar-refractivity contribution >= 4 is 29.2 Å². The molecule has 0 saturated heterocycles. The number of nitrogens with zero attached hydrogens (tertiary/aromatic N) is 3. The van der Waals surface area contributed by atoms with Gasteiger partial charge in [0.1, 0.15) is 23.3 Å². The van der Waals surface area contributed by atoms with Crippen LogP contribution in [0.2, 0.25) is 5.02 Å². The summed E-state index contributed by atoms with van der Waals surface area (Å²) < 4.78 is 14.6. The van der Waals surface area contributed by atoms with Crippen LogP contribution in [0.3, 0.4) is 0 Å². The van der Waals surface area contributed by atoms with Gasteiger partial charge in [0.15, 0.2) is 0 Å². The van der Waals surface area contributed by atoms with E-state index in [4.69, 9.17) is 17.3 Å². The Bertz CT molecular complexity index is 1170. The summed E-state index contributed by atoms with van der Waals surface area (Å²) in [6, 6.07) is 14.1. The molecule has 10 heteroatoms. The predicted molar refractivity (Wildman–Crippen MR) is 122 cm³/mol. The van der Waals surface area contributed by atoms with E-state index in [0.717, 1.165) is 0 Å². The van der Waals surface area contributed by atoms with Crippen molar-refractivity contribution in [3.05, 3.63) is 76.2 Å². The minimum absolute atomic E-state index is 0.134. The lowest BCUT2D eigenvalue weighted by atomic mass is 10.1. The third-order valence-corrected chi connectivity index (χ3v) is 5.09. The van der Waals surface area contributed by atoms with E-state index in [1.807, 2.05) is 0 Å². The number of rotatable bonds is 9. The topological polar surface area (TPSA) is 126 Å². The van der Waals surface area contributed by atoms with E-state index in [1.165, 1.54) is 28.9 Å². The number of hydrogen-bond acceptors (Lipinski definition) is 5. The highest BCUT2D eigenvalue weighted by Crippen LogP contribution is 2.21. The molecule has 33 heavy (non-hydrogen) atoms. The zero-order valence-electron chi connectivity index (χ0n) is 17.6. The average molecular weight is 469 g/mol. The SMILES string of the molecule is N#Cc1c(CCCNC(=O)CCNC(=O)c2ccc(Cl)cc2)nn(-c2ccc(F)cc2)c1N. The second kappa shape index (κ2) is 11.1. The normalized spacial score (nSPS) is 10.5. The van der Waals surface area contributed by atoms with Gasteiger partial charge in [-0.05, 0) is 61.4 Å². The van der Waals surface area contributed by atoms with Crippen molar-refractivity contribution in [1.82, 2.24) is 20.4 Å². The molecule has 4 N–H and O–H groups in total. The van der Waals surface area contributed by atoms with E-state index in [2.05, 4.69) is 21.8 Å². The van der Waals surface area contributed by atoms with Crippen molar-refractivity contribution < 1.29 is 14.0 Å². The third kappa shape index (κ3) is 6.30. The standard InChI is InChI=1S/C23H22ClFN6O2/c24-16-5-3-15(4-6-16)23(33)29-13-11-21(32)28-12-1-2-20-19(14-26)22(27)31(30-20)18-9-7-17(25)8-10-18/h3-10H,1-2,11-13,27H2,(H,28,32)(H,29,33). The molecule has 2 amide bonds. The van der Waals surface area contributed by atoms with Crippen molar-refractivity contribution in [3.63, 3.8) is 0 Å². The van der Waals surface area contributed by atoms with E-state index < -0.39 is 0 Å². The Morgan fingerprint density at radius 1 is 1.09 bits per heavy atom. The van der Waals surface area contributed by atoms with Gasteiger partial charge in [0.2, 0.25) is 5.91 Å². The number of carbonyl (C=O) groups excluding carboxylic acids is 2. The van der Waals surface area contributed by atoms with Crippen molar-refractivity contribution in [1.29, 1.82) is 5.26 Å². The molecule has 0 unspecified atom stereocenters.